The maximum atomic E-state index is 12.9. The standard InChI is InChI=1S/C21H26N2O4S/c1-14-10-15(2)12-18(11-14)27-16(3)21(24)23-9-8-17-13-19(6-7-20(17)23)28(25,26)22(4)5/h6-7,10-13,16H,8-9H2,1-5H3/t16-/m1/s1. The van der Waals surface area contributed by atoms with Gasteiger partial charge in [0.15, 0.2) is 6.10 Å². The Kier molecular flexibility index (Phi) is 5.50. The Balaban J connectivity index is 1.80. The first-order valence-electron chi connectivity index (χ1n) is 9.21. The number of nitrogens with zero attached hydrogens (tertiary/aromatic N) is 2. The van der Waals surface area contributed by atoms with Crippen LogP contribution in [0.2, 0.25) is 0 Å². The van der Waals surface area contributed by atoms with E-state index < -0.39 is 16.1 Å². The van der Waals surface area contributed by atoms with E-state index in [0.29, 0.717) is 18.7 Å². The summed E-state index contributed by atoms with van der Waals surface area (Å²) in [5.74, 6) is 0.534. The van der Waals surface area contributed by atoms with Gasteiger partial charge in [0.2, 0.25) is 10.0 Å². The normalized spacial score (nSPS) is 14.9. The minimum Gasteiger partial charge on any atom is -0.481 e. The van der Waals surface area contributed by atoms with Crippen molar-refractivity contribution >= 4 is 21.6 Å². The number of carbonyl (C=O) groups excluding carboxylic acids is 1. The predicted molar refractivity (Wildman–Crippen MR) is 109 cm³/mol. The summed E-state index contributed by atoms with van der Waals surface area (Å²) in [6.07, 6.45) is -0.0222. The molecule has 1 atom stereocenters. The van der Waals surface area contributed by atoms with Crippen LogP contribution >= 0.6 is 0 Å². The van der Waals surface area contributed by atoms with Gasteiger partial charge >= 0.3 is 0 Å². The summed E-state index contributed by atoms with van der Waals surface area (Å²) in [6, 6.07) is 10.8. The zero-order valence-corrected chi connectivity index (χ0v) is 17.7. The molecule has 1 aliphatic heterocycles. The molecule has 1 heterocycles. The van der Waals surface area contributed by atoms with E-state index >= 15 is 0 Å². The number of anilines is 1. The molecule has 2 aromatic carbocycles. The average Bonchev–Trinajstić information content (AvgIpc) is 3.03. The van der Waals surface area contributed by atoms with Crippen LogP contribution < -0.4 is 9.64 Å². The first-order valence-corrected chi connectivity index (χ1v) is 10.7. The molecule has 0 aliphatic carbocycles. The Hall–Kier alpha value is -2.38. The second-order valence-electron chi connectivity index (χ2n) is 7.40. The fraction of sp³-hybridized carbons (Fsp3) is 0.381. The van der Waals surface area contributed by atoms with Crippen molar-refractivity contribution in [1.82, 2.24) is 4.31 Å². The van der Waals surface area contributed by atoms with Crippen molar-refractivity contribution in [3.63, 3.8) is 0 Å². The Morgan fingerprint density at radius 1 is 1.11 bits per heavy atom. The van der Waals surface area contributed by atoms with Crippen LogP contribution in [0.5, 0.6) is 5.75 Å². The number of ether oxygens (including phenoxy) is 1. The molecular formula is C21H26N2O4S. The van der Waals surface area contributed by atoms with Crippen LogP contribution in [0.1, 0.15) is 23.6 Å². The van der Waals surface area contributed by atoms with Gasteiger partial charge in [-0.15, -0.1) is 0 Å². The SMILES string of the molecule is Cc1cc(C)cc(O[C@H](C)C(=O)N2CCc3cc(S(=O)(=O)N(C)C)ccc32)c1. The molecule has 1 amide bonds. The Morgan fingerprint density at radius 3 is 2.36 bits per heavy atom. The third kappa shape index (κ3) is 3.91. The van der Waals surface area contributed by atoms with Crippen molar-refractivity contribution in [3.8, 4) is 5.75 Å². The number of carbonyl (C=O) groups is 1. The van der Waals surface area contributed by atoms with Gasteiger partial charge in [-0.3, -0.25) is 4.79 Å². The maximum Gasteiger partial charge on any atom is 0.267 e. The monoisotopic (exact) mass is 402 g/mol. The molecule has 0 saturated carbocycles. The summed E-state index contributed by atoms with van der Waals surface area (Å²) in [5, 5.41) is 0. The lowest BCUT2D eigenvalue weighted by molar-refractivity contribution is -0.124. The summed E-state index contributed by atoms with van der Waals surface area (Å²) in [5.41, 5.74) is 3.76. The van der Waals surface area contributed by atoms with Crippen LogP contribution in [0.15, 0.2) is 41.3 Å². The molecule has 150 valence electrons. The molecule has 0 N–H and O–H groups in total. The van der Waals surface area contributed by atoms with Gasteiger partial charge in [-0.2, -0.15) is 0 Å². The third-order valence-electron chi connectivity index (χ3n) is 4.85. The van der Waals surface area contributed by atoms with E-state index in [2.05, 4.69) is 6.07 Å². The number of rotatable bonds is 5. The third-order valence-corrected chi connectivity index (χ3v) is 6.66. The van der Waals surface area contributed by atoms with Crippen molar-refractivity contribution in [2.24, 2.45) is 0 Å². The molecule has 0 unspecified atom stereocenters. The van der Waals surface area contributed by atoms with Gasteiger partial charge in [0.1, 0.15) is 5.75 Å². The van der Waals surface area contributed by atoms with Gasteiger partial charge in [-0.05, 0) is 74.2 Å². The van der Waals surface area contributed by atoms with Gasteiger partial charge in [0.25, 0.3) is 5.91 Å². The van der Waals surface area contributed by atoms with Gasteiger partial charge in [0.05, 0.1) is 4.90 Å². The molecule has 6 nitrogen and oxygen atoms in total. The number of benzene rings is 2. The smallest absolute Gasteiger partial charge is 0.267 e. The molecule has 28 heavy (non-hydrogen) atoms. The molecule has 0 aromatic heterocycles. The lowest BCUT2D eigenvalue weighted by Gasteiger charge is -2.23. The number of aryl methyl sites for hydroxylation is 2. The lowest BCUT2D eigenvalue weighted by Crippen LogP contribution is -2.39. The summed E-state index contributed by atoms with van der Waals surface area (Å²) in [7, 11) is -0.487. The second-order valence-corrected chi connectivity index (χ2v) is 9.55. The van der Waals surface area contributed by atoms with Crippen molar-refractivity contribution in [1.29, 1.82) is 0 Å². The fourth-order valence-corrected chi connectivity index (χ4v) is 4.41. The molecule has 0 bridgehead atoms. The topological polar surface area (TPSA) is 66.9 Å². The van der Waals surface area contributed by atoms with Crippen LogP contribution in [0, 0.1) is 13.8 Å². The van der Waals surface area contributed by atoms with Crippen LogP contribution in [0.4, 0.5) is 5.69 Å². The first kappa shape index (κ1) is 20.4. The predicted octanol–water partition coefficient (Wildman–Crippen LogP) is 2.91. The summed E-state index contributed by atoms with van der Waals surface area (Å²) >= 11 is 0. The van der Waals surface area contributed by atoms with E-state index in [4.69, 9.17) is 4.74 Å². The maximum absolute atomic E-state index is 12.9. The van der Waals surface area contributed by atoms with E-state index in [0.717, 1.165) is 22.4 Å². The highest BCUT2D eigenvalue weighted by molar-refractivity contribution is 7.89. The molecular weight excluding hydrogens is 376 g/mol. The Morgan fingerprint density at radius 2 is 1.75 bits per heavy atom. The molecule has 0 fully saturated rings. The van der Waals surface area contributed by atoms with Crippen LogP contribution in [0.3, 0.4) is 0 Å². The van der Waals surface area contributed by atoms with Crippen molar-refractivity contribution < 1.29 is 17.9 Å². The zero-order chi connectivity index (χ0) is 20.6. The molecule has 2 aromatic rings. The van der Waals surface area contributed by atoms with Gasteiger partial charge in [-0.1, -0.05) is 6.07 Å². The van der Waals surface area contributed by atoms with Gasteiger partial charge in [-0.25, -0.2) is 12.7 Å². The number of sulfonamides is 1. The Bertz CT molecular complexity index is 995. The van der Waals surface area contributed by atoms with Gasteiger partial charge in [0, 0.05) is 26.3 Å². The van der Waals surface area contributed by atoms with E-state index in [1.165, 1.54) is 18.4 Å². The minimum absolute atomic E-state index is 0.138. The molecule has 0 spiro atoms. The van der Waals surface area contributed by atoms with Crippen LogP contribution in [-0.2, 0) is 21.2 Å². The largest absolute Gasteiger partial charge is 0.481 e. The van der Waals surface area contributed by atoms with E-state index in [1.807, 2.05) is 26.0 Å². The fourth-order valence-electron chi connectivity index (χ4n) is 3.45. The molecule has 3 rings (SSSR count). The van der Waals surface area contributed by atoms with Crippen molar-refractivity contribution in [2.75, 3.05) is 25.5 Å². The minimum atomic E-state index is -3.50. The van der Waals surface area contributed by atoms with E-state index in [-0.39, 0.29) is 10.8 Å². The van der Waals surface area contributed by atoms with Gasteiger partial charge < -0.3 is 9.64 Å². The number of fused-ring (bicyclic) bond motifs is 1. The van der Waals surface area contributed by atoms with E-state index in [9.17, 15) is 13.2 Å². The number of amides is 1. The molecule has 7 heteroatoms. The average molecular weight is 403 g/mol. The van der Waals surface area contributed by atoms with Crippen LogP contribution in [-0.4, -0.2) is 45.4 Å². The second kappa shape index (κ2) is 7.56. The van der Waals surface area contributed by atoms with Crippen molar-refractivity contribution in [3.05, 3.63) is 53.1 Å². The van der Waals surface area contributed by atoms with E-state index in [1.54, 1.807) is 30.0 Å². The quantitative estimate of drug-likeness (QED) is 0.771. The molecule has 0 saturated heterocycles. The zero-order valence-electron chi connectivity index (χ0n) is 16.9. The highest BCUT2D eigenvalue weighted by atomic mass is 32.2. The molecule has 0 radical (unpaired) electrons. The molecule has 1 aliphatic rings. The summed E-state index contributed by atoms with van der Waals surface area (Å²) < 4.78 is 31.7. The van der Waals surface area contributed by atoms with Crippen LogP contribution in [0.25, 0.3) is 0 Å². The number of hydrogen-bond acceptors (Lipinski definition) is 4. The Labute approximate surface area is 166 Å². The number of hydrogen-bond donors (Lipinski definition) is 0. The lowest BCUT2D eigenvalue weighted by atomic mass is 10.1. The summed E-state index contributed by atoms with van der Waals surface area (Å²) in [4.78, 5) is 14.9. The summed E-state index contributed by atoms with van der Waals surface area (Å²) in [6.45, 7) is 6.23. The first-order chi connectivity index (χ1) is 13.1. The highest BCUT2D eigenvalue weighted by Gasteiger charge is 2.30. The highest BCUT2D eigenvalue weighted by Crippen LogP contribution is 2.31. The van der Waals surface area contributed by atoms with Crippen molar-refractivity contribution in [2.45, 2.75) is 38.2 Å².